The largest absolute Gasteiger partial charge is 0.515 e. The van der Waals surface area contributed by atoms with Crippen molar-refractivity contribution in [3.63, 3.8) is 0 Å². The van der Waals surface area contributed by atoms with E-state index in [0.29, 0.717) is 5.56 Å². The highest BCUT2D eigenvalue weighted by molar-refractivity contribution is 6.04. The molecule has 0 aromatic heterocycles. The zero-order chi connectivity index (χ0) is 9.68. The summed E-state index contributed by atoms with van der Waals surface area (Å²) in [6.45, 7) is 2.06. The number of ketones is 1. The van der Waals surface area contributed by atoms with E-state index < -0.39 is 0 Å². The minimum Gasteiger partial charge on any atom is -0.515 e. The molecule has 0 spiro atoms. The molecule has 1 aromatic carbocycles. The molecule has 0 aliphatic carbocycles. The van der Waals surface area contributed by atoms with Gasteiger partial charge < -0.3 is 5.11 Å². The number of carbonyl (C=O) groups excluding carboxylic acids is 1. The standard InChI is InChI=1S/C11H12O2/c1-2-9-3-5-10(6-4-9)11(13)7-8-12/h3-8,12H,2H2,1H3/b8-7-. The summed E-state index contributed by atoms with van der Waals surface area (Å²) in [5.74, 6) is -0.176. The third-order valence-electron chi connectivity index (χ3n) is 1.87. The van der Waals surface area contributed by atoms with E-state index in [1.807, 2.05) is 12.1 Å². The van der Waals surface area contributed by atoms with Crippen LogP contribution in [-0.4, -0.2) is 10.9 Å². The highest BCUT2D eigenvalue weighted by Crippen LogP contribution is 2.06. The Morgan fingerprint density at radius 2 is 2.00 bits per heavy atom. The van der Waals surface area contributed by atoms with Crippen LogP contribution < -0.4 is 0 Å². The van der Waals surface area contributed by atoms with Gasteiger partial charge in [-0.05, 0) is 12.0 Å². The predicted octanol–water partition coefficient (Wildman–Crippen LogP) is 2.50. The summed E-state index contributed by atoms with van der Waals surface area (Å²) in [5.41, 5.74) is 1.80. The number of benzene rings is 1. The van der Waals surface area contributed by atoms with Gasteiger partial charge in [0.1, 0.15) is 0 Å². The number of aliphatic hydroxyl groups is 1. The smallest absolute Gasteiger partial charge is 0.188 e. The van der Waals surface area contributed by atoms with Gasteiger partial charge in [0.25, 0.3) is 0 Å². The molecule has 0 heterocycles. The molecule has 0 unspecified atom stereocenters. The molecule has 2 nitrogen and oxygen atoms in total. The summed E-state index contributed by atoms with van der Waals surface area (Å²) >= 11 is 0. The van der Waals surface area contributed by atoms with E-state index in [0.717, 1.165) is 18.8 Å². The van der Waals surface area contributed by atoms with Crippen molar-refractivity contribution in [1.82, 2.24) is 0 Å². The normalized spacial score (nSPS) is 10.5. The van der Waals surface area contributed by atoms with Crippen LogP contribution in [0.3, 0.4) is 0 Å². The lowest BCUT2D eigenvalue weighted by Gasteiger charge is -1.97. The third kappa shape index (κ3) is 2.44. The number of carbonyl (C=O) groups is 1. The average Bonchev–Trinajstić information content (AvgIpc) is 2.18. The number of allylic oxidation sites excluding steroid dienone is 1. The first kappa shape index (κ1) is 9.52. The summed E-state index contributed by atoms with van der Waals surface area (Å²) in [6, 6.07) is 7.36. The van der Waals surface area contributed by atoms with Crippen molar-refractivity contribution in [3.8, 4) is 0 Å². The molecule has 0 aliphatic heterocycles. The van der Waals surface area contributed by atoms with Gasteiger partial charge in [-0.2, -0.15) is 0 Å². The lowest BCUT2D eigenvalue weighted by molar-refractivity contribution is 0.104. The second-order valence-corrected chi connectivity index (χ2v) is 2.73. The molecule has 0 fully saturated rings. The van der Waals surface area contributed by atoms with E-state index in [9.17, 15) is 4.79 Å². The number of hydrogen-bond donors (Lipinski definition) is 1. The Balaban J connectivity index is 2.85. The van der Waals surface area contributed by atoms with Crippen molar-refractivity contribution in [3.05, 3.63) is 47.7 Å². The second-order valence-electron chi connectivity index (χ2n) is 2.73. The van der Waals surface area contributed by atoms with Crippen molar-refractivity contribution < 1.29 is 9.90 Å². The van der Waals surface area contributed by atoms with Gasteiger partial charge in [-0.25, -0.2) is 0 Å². The van der Waals surface area contributed by atoms with Crippen molar-refractivity contribution in [2.75, 3.05) is 0 Å². The van der Waals surface area contributed by atoms with Crippen LogP contribution in [0.5, 0.6) is 0 Å². The molecule has 0 bridgehead atoms. The lowest BCUT2D eigenvalue weighted by Crippen LogP contribution is -1.94. The van der Waals surface area contributed by atoms with Crippen LogP contribution in [0.4, 0.5) is 0 Å². The molecule has 0 aliphatic rings. The Morgan fingerprint density at radius 3 is 2.46 bits per heavy atom. The molecule has 2 heteroatoms. The molecule has 1 rings (SSSR count). The van der Waals surface area contributed by atoms with Crippen LogP contribution in [0.25, 0.3) is 0 Å². The molecule has 0 amide bonds. The minimum absolute atomic E-state index is 0.176. The van der Waals surface area contributed by atoms with Crippen molar-refractivity contribution in [1.29, 1.82) is 0 Å². The summed E-state index contributed by atoms with van der Waals surface area (Å²) in [5, 5.41) is 8.40. The summed E-state index contributed by atoms with van der Waals surface area (Å²) in [7, 11) is 0. The third-order valence-corrected chi connectivity index (χ3v) is 1.87. The molecular formula is C11H12O2. The SMILES string of the molecule is CCc1ccc(C(=O)/C=C\O)cc1. The van der Waals surface area contributed by atoms with E-state index >= 15 is 0 Å². The van der Waals surface area contributed by atoms with Crippen LogP contribution in [0.1, 0.15) is 22.8 Å². The lowest BCUT2D eigenvalue weighted by atomic mass is 10.1. The van der Waals surface area contributed by atoms with E-state index in [-0.39, 0.29) is 5.78 Å². The van der Waals surface area contributed by atoms with Gasteiger partial charge in [-0.15, -0.1) is 0 Å². The van der Waals surface area contributed by atoms with Crippen LogP contribution in [0, 0.1) is 0 Å². The first-order chi connectivity index (χ1) is 6.27. The van der Waals surface area contributed by atoms with Gasteiger partial charge in [-0.1, -0.05) is 31.2 Å². The number of aliphatic hydroxyl groups excluding tert-OH is 1. The van der Waals surface area contributed by atoms with Crippen molar-refractivity contribution in [2.45, 2.75) is 13.3 Å². The molecule has 0 saturated carbocycles. The van der Waals surface area contributed by atoms with E-state index in [1.165, 1.54) is 5.56 Å². The highest BCUT2D eigenvalue weighted by Gasteiger charge is 2.00. The van der Waals surface area contributed by atoms with Crippen LogP contribution in [0.2, 0.25) is 0 Å². The minimum atomic E-state index is -0.176. The fourth-order valence-corrected chi connectivity index (χ4v) is 1.07. The quantitative estimate of drug-likeness (QED) is 0.436. The van der Waals surface area contributed by atoms with Gasteiger partial charge >= 0.3 is 0 Å². The van der Waals surface area contributed by atoms with Gasteiger partial charge in [-0.3, -0.25) is 4.79 Å². The molecule has 68 valence electrons. The second kappa shape index (κ2) is 4.45. The Morgan fingerprint density at radius 1 is 1.38 bits per heavy atom. The Hall–Kier alpha value is -1.57. The van der Waals surface area contributed by atoms with Crippen LogP contribution >= 0.6 is 0 Å². The van der Waals surface area contributed by atoms with E-state index in [2.05, 4.69) is 6.92 Å². The van der Waals surface area contributed by atoms with Crippen LogP contribution in [-0.2, 0) is 6.42 Å². The van der Waals surface area contributed by atoms with Crippen molar-refractivity contribution >= 4 is 5.78 Å². The molecule has 0 atom stereocenters. The number of hydrogen-bond acceptors (Lipinski definition) is 2. The van der Waals surface area contributed by atoms with Crippen LogP contribution in [0.15, 0.2) is 36.6 Å². The Kier molecular flexibility index (Phi) is 3.26. The molecule has 13 heavy (non-hydrogen) atoms. The van der Waals surface area contributed by atoms with Gasteiger partial charge in [0.2, 0.25) is 0 Å². The maximum Gasteiger partial charge on any atom is 0.188 e. The van der Waals surface area contributed by atoms with Crippen molar-refractivity contribution in [2.24, 2.45) is 0 Å². The predicted molar refractivity (Wildman–Crippen MR) is 51.9 cm³/mol. The summed E-state index contributed by atoms with van der Waals surface area (Å²) in [4.78, 5) is 11.2. The summed E-state index contributed by atoms with van der Waals surface area (Å²) in [6.07, 6.45) is 2.86. The Bertz CT molecular complexity index is 309. The van der Waals surface area contributed by atoms with E-state index in [4.69, 9.17) is 5.11 Å². The maximum absolute atomic E-state index is 11.2. The molecule has 1 aromatic rings. The molecule has 1 N–H and O–H groups in total. The summed E-state index contributed by atoms with van der Waals surface area (Å²) < 4.78 is 0. The number of aryl methyl sites for hydroxylation is 1. The van der Waals surface area contributed by atoms with Gasteiger partial charge in [0, 0.05) is 11.6 Å². The average molecular weight is 176 g/mol. The topological polar surface area (TPSA) is 37.3 Å². The zero-order valence-electron chi connectivity index (χ0n) is 7.53. The monoisotopic (exact) mass is 176 g/mol. The van der Waals surface area contributed by atoms with Gasteiger partial charge in [0.15, 0.2) is 5.78 Å². The Labute approximate surface area is 77.5 Å². The molecular weight excluding hydrogens is 164 g/mol. The van der Waals surface area contributed by atoms with E-state index in [1.54, 1.807) is 12.1 Å². The maximum atomic E-state index is 11.2. The highest BCUT2D eigenvalue weighted by atomic mass is 16.2. The first-order valence-corrected chi connectivity index (χ1v) is 4.22. The molecule has 0 radical (unpaired) electrons. The zero-order valence-corrected chi connectivity index (χ0v) is 7.53. The fraction of sp³-hybridized carbons (Fsp3) is 0.182. The fourth-order valence-electron chi connectivity index (χ4n) is 1.07. The molecule has 0 saturated heterocycles. The first-order valence-electron chi connectivity index (χ1n) is 4.22. The number of rotatable bonds is 3. The van der Waals surface area contributed by atoms with Gasteiger partial charge in [0.05, 0.1) is 6.26 Å².